The molecule has 0 bridgehead atoms. The predicted molar refractivity (Wildman–Crippen MR) is 158 cm³/mol. The molecule has 1 aromatic rings. The Bertz CT molecular complexity index is 1530. The molecule has 258 valence electrons. The first-order chi connectivity index (χ1) is 20.9. The molecule has 0 saturated carbocycles. The summed E-state index contributed by atoms with van der Waals surface area (Å²) in [6.07, 6.45) is 2.30. The Kier molecular flexibility index (Phi) is 17.6. The van der Waals surface area contributed by atoms with E-state index in [1.807, 2.05) is 0 Å². The maximum absolute atomic E-state index is 12.7. The zero-order valence-corrected chi connectivity index (χ0v) is 29.5. The van der Waals surface area contributed by atoms with Crippen LogP contribution < -0.4 is 67.5 Å². The van der Waals surface area contributed by atoms with Gasteiger partial charge in [0, 0.05) is 11.1 Å². The molecule has 48 heavy (non-hydrogen) atoms. The number of nitrogens with one attached hydrogen (secondary N) is 1. The summed E-state index contributed by atoms with van der Waals surface area (Å²) in [5.74, 6) is -5.30. The van der Waals surface area contributed by atoms with Crippen LogP contribution >= 0.6 is 23.1 Å². The standard InChI is InChI=1S/C16H15N5O7S2.C8H9NO5.K.3H2O/c1-2-6-4-29-14-10(13(25)21(14)11(6)15(26)27)19-12(24)9(20-28-3-8(22)23)7-5-30-16(17)18-7;10-2-1-4-7(8(12)13)9-5(11)3-6(9)14-4;;;;/h2,5,10,14H,1,3-4H2,(H2,17,18)(H,19,24)(H,22,23)(H,26,27);1,6-7,10H,2-3H2,(H,12,13);;3*1H2/q;;+1;;;/p-1/b20-9-;4-1-;;;;/t10-,14-;6-,7-;;;;/m11..../s1. The van der Waals surface area contributed by atoms with Gasteiger partial charge >= 0.3 is 63.3 Å². The van der Waals surface area contributed by atoms with E-state index in [0.29, 0.717) is 11.3 Å². The average Bonchev–Trinajstić information content (AvgIpc) is 3.53. The maximum Gasteiger partial charge on any atom is 1.00 e. The summed E-state index contributed by atoms with van der Waals surface area (Å²) < 4.78 is 5.13. The van der Waals surface area contributed by atoms with Crippen molar-refractivity contribution in [3.8, 4) is 0 Å². The summed E-state index contributed by atoms with van der Waals surface area (Å²) in [6.45, 7) is 2.45. The number of carboxylic acids is 3. The van der Waals surface area contributed by atoms with Crippen molar-refractivity contribution < 1.29 is 127 Å². The van der Waals surface area contributed by atoms with Crippen LogP contribution in [-0.2, 0) is 38.3 Å². The molecule has 24 heteroatoms. The summed E-state index contributed by atoms with van der Waals surface area (Å²) in [5, 5.41) is 44.4. The molecule has 3 fully saturated rings. The number of nitrogen functional groups attached to an aromatic ring is 1. The largest absolute Gasteiger partial charge is 1.00 e. The monoisotopic (exact) mass is 744 g/mol. The van der Waals surface area contributed by atoms with Crippen molar-refractivity contribution in [3.63, 3.8) is 0 Å². The van der Waals surface area contributed by atoms with Crippen molar-refractivity contribution >= 4 is 69.6 Å². The van der Waals surface area contributed by atoms with Gasteiger partial charge in [-0.05, 0) is 11.6 Å². The molecule has 5 heterocycles. The number of aromatic nitrogens is 1. The zero-order valence-electron chi connectivity index (χ0n) is 24.8. The molecular formula is C24H29KN6O15S2. The van der Waals surface area contributed by atoms with Crippen LogP contribution in [0.3, 0.4) is 0 Å². The van der Waals surface area contributed by atoms with Crippen LogP contribution in [0.15, 0.2) is 46.3 Å². The second-order valence-electron chi connectivity index (χ2n) is 9.01. The molecule has 0 spiro atoms. The van der Waals surface area contributed by atoms with E-state index >= 15 is 0 Å². The molecule has 4 aliphatic heterocycles. The van der Waals surface area contributed by atoms with E-state index in [0.717, 1.165) is 21.1 Å². The van der Waals surface area contributed by atoms with Gasteiger partial charge in [-0.1, -0.05) is 17.8 Å². The topological polar surface area (TPSA) is 369 Å². The van der Waals surface area contributed by atoms with E-state index in [9.17, 15) is 39.0 Å². The number of carbonyl (C=O) groups excluding carboxylic acids is 4. The number of thiazole rings is 1. The number of fused-ring (bicyclic) bond motifs is 2. The molecule has 3 amide bonds. The second-order valence-corrected chi connectivity index (χ2v) is 11.0. The minimum Gasteiger partial charge on any atom is -0.547 e. The number of allylic oxidation sites excluding steroid dienone is 1. The van der Waals surface area contributed by atoms with Crippen LogP contribution in [0.2, 0.25) is 0 Å². The number of thioether (sulfide) groups is 1. The van der Waals surface area contributed by atoms with Crippen molar-refractivity contribution in [3.05, 3.63) is 46.8 Å². The van der Waals surface area contributed by atoms with Gasteiger partial charge in [-0.25, -0.2) is 14.6 Å². The third kappa shape index (κ3) is 9.17. The molecule has 1 aromatic heterocycles. The van der Waals surface area contributed by atoms with Crippen LogP contribution in [0, 0.1) is 0 Å². The third-order valence-corrected chi connectivity index (χ3v) is 8.32. The minimum absolute atomic E-state index is 0. The van der Waals surface area contributed by atoms with E-state index in [-0.39, 0.29) is 115 Å². The number of aliphatic carboxylic acids is 3. The van der Waals surface area contributed by atoms with E-state index in [4.69, 9.17) is 20.7 Å². The van der Waals surface area contributed by atoms with Gasteiger partial charge < -0.3 is 62.3 Å². The van der Waals surface area contributed by atoms with Crippen molar-refractivity contribution in [1.29, 1.82) is 0 Å². The van der Waals surface area contributed by atoms with Gasteiger partial charge in [0.1, 0.15) is 34.6 Å². The number of hydrogen-bond acceptors (Lipinski definition) is 15. The van der Waals surface area contributed by atoms with Gasteiger partial charge in [-0.2, -0.15) is 0 Å². The first kappa shape index (κ1) is 44.6. The molecule has 4 aliphatic rings. The van der Waals surface area contributed by atoms with E-state index < -0.39 is 60.0 Å². The molecule has 0 aromatic carbocycles. The molecule has 0 aliphatic carbocycles. The Labute approximate surface area is 320 Å². The smallest absolute Gasteiger partial charge is 0.547 e. The molecule has 12 N–H and O–H groups in total. The van der Waals surface area contributed by atoms with Crippen LogP contribution in [0.4, 0.5) is 5.13 Å². The number of carboxylic acid groups (broad SMARTS) is 3. The third-order valence-electron chi connectivity index (χ3n) is 6.34. The number of anilines is 1. The molecule has 0 radical (unpaired) electrons. The average molecular weight is 745 g/mol. The maximum atomic E-state index is 12.7. The molecule has 3 saturated heterocycles. The van der Waals surface area contributed by atoms with E-state index in [2.05, 4.69) is 26.9 Å². The van der Waals surface area contributed by atoms with Crippen molar-refractivity contribution in [2.75, 3.05) is 24.7 Å². The number of rotatable bonds is 10. The summed E-state index contributed by atoms with van der Waals surface area (Å²) in [5.41, 5.74) is 5.48. The quantitative estimate of drug-likeness (QED) is 0.0643. The number of β-lactam (4-membered cyclic amide) rings is 2. The number of nitrogens with two attached hydrogens (primary N) is 1. The van der Waals surface area contributed by atoms with Crippen LogP contribution in [0.1, 0.15) is 12.1 Å². The zero-order chi connectivity index (χ0) is 32.3. The number of ether oxygens (including phenoxy) is 1. The van der Waals surface area contributed by atoms with Gasteiger partial charge in [0.15, 0.2) is 17.1 Å². The molecule has 4 atom stereocenters. The Balaban J connectivity index is 0.00000104. The number of oxime groups is 1. The Hall–Kier alpha value is -3.43. The molecular weight excluding hydrogens is 716 g/mol. The van der Waals surface area contributed by atoms with Crippen molar-refractivity contribution in [2.24, 2.45) is 5.16 Å². The van der Waals surface area contributed by atoms with Gasteiger partial charge in [0.2, 0.25) is 12.5 Å². The second kappa shape index (κ2) is 18.9. The van der Waals surface area contributed by atoms with Gasteiger partial charge in [0.05, 0.1) is 19.0 Å². The number of aliphatic hydroxyl groups excluding tert-OH is 1. The first-order valence-corrected chi connectivity index (χ1v) is 14.3. The van der Waals surface area contributed by atoms with Gasteiger partial charge in [-0.3, -0.25) is 24.2 Å². The number of hydrogen-bond donors (Lipinski definition) is 5. The number of carbonyl (C=O) groups is 6. The van der Waals surface area contributed by atoms with Crippen LogP contribution in [0.5, 0.6) is 0 Å². The summed E-state index contributed by atoms with van der Waals surface area (Å²) in [7, 11) is 0. The minimum atomic E-state index is -1.39. The molecule has 21 nitrogen and oxygen atoms in total. The Morgan fingerprint density at radius 3 is 2.42 bits per heavy atom. The number of nitrogens with zero attached hydrogens (tertiary/aromatic N) is 4. The molecule has 0 unspecified atom stereocenters. The van der Waals surface area contributed by atoms with E-state index in [1.54, 1.807) is 0 Å². The molecule has 5 rings (SSSR count). The fraction of sp³-hybridized carbons (Fsp3) is 0.333. The first-order valence-electron chi connectivity index (χ1n) is 12.4. The van der Waals surface area contributed by atoms with Crippen LogP contribution in [-0.4, -0.2) is 131 Å². The van der Waals surface area contributed by atoms with E-state index in [1.165, 1.54) is 29.3 Å². The van der Waals surface area contributed by atoms with Crippen molar-refractivity contribution in [1.82, 2.24) is 20.1 Å². The van der Waals surface area contributed by atoms with Gasteiger partial charge in [0.25, 0.3) is 11.8 Å². The van der Waals surface area contributed by atoms with Crippen LogP contribution in [0.25, 0.3) is 0 Å². The van der Waals surface area contributed by atoms with Crippen molar-refractivity contribution in [2.45, 2.75) is 30.1 Å². The normalized spacial score (nSPS) is 22.5. The fourth-order valence-electron chi connectivity index (χ4n) is 4.41. The number of aliphatic hydroxyl groups is 1. The fourth-order valence-corrected chi connectivity index (χ4v) is 6.30. The summed E-state index contributed by atoms with van der Waals surface area (Å²) >= 11 is 2.30. The SMILES string of the molecule is C=CC1=C(C(=O)O)N2C(=O)[C@@H](NC(=O)/C(=N\OCC(=O)O)c3csc(N)n3)[C@H]2SC1.O.O.O.O=C([O-])[C@H]1/C(=C/CO)O[C@@H]2CC(=O)N21.[K+]. The summed E-state index contributed by atoms with van der Waals surface area (Å²) in [4.78, 5) is 80.0. The van der Waals surface area contributed by atoms with Gasteiger partial charge in [-0.15, -0.1) is 23.1 Å². The number of amides is 3. The Morgan fingerprint density at radius 1 is 1.25 bits per heavy atom. The summed E-state index contributed by atoms with van der Waals surface area (Å²) in [6, 6.07) is -2.18. The Morgan fingerprint density at radius 2 is 1.92 bits per heavy atom. The predicted octanol–water partition coefficient (Wildman–Crippen LogP) is -8.45.